The summed E-state index contributed by atoms with van der Waals surface area (Å²) in [6.45, 7) is 7.83. The Hall–Kier alpha value is -1.56. The lowest BCUT2D eigenvalue weighted by molar-refractivity contribution is -0.138. The van der Waals surface area contributed by atoms with Crippen LogP contribution in [0.2, 0.25) is 0 Å². The number of halogens is 1. The average molecular weight is 338 g/mol. The molecule has 1 aliphatic rings. The zero-order valence-corrected chi connectivity index (χ0v) is 14.6. The van der Waals surface area contributed by atoms with Gasteiger partial charge in [0.15, 0.2) is 0 Å². The molecule has 0 N–H and O–H groups in total. The average Bonchev–Trinajstić information content (AvgIpc) is 2.52. The largest absolute Gasteiger partial charge is 0.339 e. The molecule has 0 saturated carbocycles. The maximum atomic E-state index is 13.3. The van der Waals surface area contributed by atoms with Gasteiger partial charge in [-0.05, 0) is 24.1 Å². The van der Waals surface area contributed by atoms with Crippen LogP contribution >= 0.6 is 11.8 Å². The van der Waals surface area contributed by atoms with Gasteiger partial charge in [-0.15, -0.1) is 11.8 Å². The number of piperazine rings is 1. The molecule has 0 bridgehead atoms. The maximum absolute atomic E-state index is 13.3. The Morgan fingerprint density at radius 1 is 1.13 bits per heavy atom. The highest BCUT2D eigenvalue weighted by molar-refractivity contribution is 8.00. The van der Waals surface area contributed by atoms with Gasteiger partial charge in [0, 0.05) is 38.0 Å². The van der Waals surface area contributed by atoms with Gasteiger partial charge in [0.2, 0.25) is 11.8 Å². The second-order valence-corrected chi connectivity index (χ2v) is 7.29. The van der Waals surface area contributed by atoms with Crippen molar-refractivity contribution in [3.05, 3.63) is 30.1 Å². The number of carbonyl (C=O) groups excluding carboxylic acids is 2. The summed E-state index contributed by atoms with van der Waals surface area (Å²) in [5.74, 6) is -0.0364. The van der Waals surface area contributed by atoms with Crippen molar-refractivity contribution in [2.75, 3.05) is 26.2 Å². The van der Waals surface area contributed by atoms with E-state index in [2.05, 4.69) is 0 Å². The molecule has 4 nitrogen and oxygen atoms in total. The molecule has 0 spiro atoms. The van der Waals surface area contributed by atoms with E-state index in [-0.39, 0.29) is 28.8 Å². The number of benzene rings is 1. The molecule has 126 valence electrons. The topological polar surface area (TPSA) is 40.6 Å². The first kappa shape index (κ1) is 17.8. The summed E-state index contributed by atoms with van der Waals surface area (Å²) in [4.78, 5) is 28.5. The van der Waals surface area contributed by atoms with Crippen LogP contribution in [0.15, 0.2) is 29.2 Å². The van der Waals surface area contributed by atoms with Gasteiger partial charge >= 0.3 is 0 Å². The van der Waals surface area contributed by atoms with Crippen molar-refractivity contribution in [2.24, 2.45) is 5.92 Å². The molecule has 1 aromatic carbocycles. The Labute approximate surface area is 141 Å². The predicted octanol–water partition coefficient (Wildman–Crippen LogP) is 2.63. The van der Waals surface area contributed by atoms with Crippen LogP contribution < -0.4 is 0 Å². The summed E-state index contributed by atoms with van der Waals surface area (Å²) in [7, 11) is 0. The molecule has 0 aromatic heterocycles. The second-order valence-electron chi connectivity index (χ2n) is 6.07. The Balaban J connectivity index is 2.03. The smallest absolute Gasteiger partial charge is 0.236 e. The summed E-state index contributed by atoms with van der Waals surface area (Å²) in [5, 5.41) is -0.249. The third-order valence-corrected chi connectivity index (χ3v) is 5.47. The zero-order valence-electron chi connectivity index (χ0n) is 13.8. The van der Waals surface area contributed by atoms with Crippen molar-refractivity contribution in [1.82, 2.24) is 9.80 Å². The van der Waals surface area contributed by atoms with E-state index in [0.717, 1.165) is 4.90 Å². The van der Waals surface area contributed by atoms with Gasteiger partial charge in [-0.2, -0.15) is 0 Å². The fourth-order valence-electron chi connectivity index (χ4n) is 2.58. The lowest BCUT2D eigenvalue weighted by Gasteiger charge is -2.36. The Kier molecular flexibility index (Phi) is 6.04. The van der Waals surface area contributed by atoms with Crippen LogP contribution in [0, 0.1) is 11.7 Å². The van der Waals surface area contributed by atoms with Crippen molar-refractivity contribution in [3.8, 4) is 0 Å². The summed E-state index contributed by atoms with van der Waals surface area (Å²) in [6, 6.07) is 6.34. The number of nitrogens with zero attached hydrogens (tertiary/aromatic N) is 2. The lowest BCUT2D eigenvalue weighted by atomic mass is 10.1. The number of carbonyl (C=O) groups is 2. The fourth-order valence-corrected chi connectivity index (χ4v) is 3.73. The molecule has 1 heterocycles. The molecule has 6 heteroatoms. The highest BCUT2D eigenvalue weighted by Crippen LogP contribution is 2.30. The Bertz CT molecular complexity index is 571. The first-order valence-electron chi connectivity index (χ1n) is 7.85. The minimum absolute atomic E-state index is 0.0478. The van der Waals surface area contributed by atoms with Crippen LogP contribution in [-0.2, 0) is 9.59 Å². The SMILES string of the molecule is CC(=O)N1CCN(C(=O)[C@@H](Sc2cccc(F)c2)C(C)C)CC1. The van der Waals surface area contributed by atoms with Crippen LogP contribution in [-0.4, -0.2) is 53.0 Å². The molecule has 1 saturated heterocycles. The molecule has 23 heavy (non-hydrogen) atoms. The molecule has 0 unspecified atom stereocenters. The van der Waals surface area contributed by atoms with E-state index in [4.69, 9.17) is 0 Å². The molecule has 1 atom stereocenters. The van der Waals surface area contributed by atoms with Crippen LogP contribution in [0.1, 0.15) is 20.8 Å². The summed E-state index contributed by atoms with van der Waals surface area (Å²) in [5.41, 5.74) is 0. The fraction of sp³-hybridized carbons (Fsp3) is 0.529. The van der Waals surface area contributed by atoms with Crippen LogP contribution in [0.25, 0.3) is 0 Å². The molecular weight excluding hydrogens is 315 g/mol. The summed E-state index contributed by atoms with van der Waals surface area (Å²) >= 11 is 1.41. The Morgan fingerprint density at radius 2 is 1.74 bits per heavy atom. The predicted molar refractivity (Wildman–Crippen MR) is 89.7 cm³/mol. The minimum atomic E-state index is -0.292. The third-order valence-electron chi connectivity index (χ3n) is 3.94. The Morgan fingerprint density at radius 3 is 2.26 bits per heavy atom. The highest BCUT2D eigenvalue weighted by Gasteiger charge is 2.30. The first-order valence-corrected chi connectivity index (χ1v) is 8.73. The van der Waals surface area contributed by atoms with E-state index >= 15 is 0 Å². The van der Waals surface area contributed by atoms with Gasteiger partial charge in [-0.1, -0.05) is 19.9 Å². The van der Waals surface area contributed by atoms with Crippen molar-refractivity contribution in [2.45, 2.75) is 30.9 Å². The molecule has 2 amide bonds. The molecular formula is C17H23FN2O2S. The quantitative estimate of drug-likeness (QED) is 0.793. The van der Waals surface area contributed by atoms with Crippen molar-refractivity contribution in [3.63, 3.8) is 0 Å². The normalized spacial score (nSPS) is 16.6. The molecule has 1 aliphatic heterocycles. The van der Waals surface area contributed by atoms with Crippen molar-refractivity contribution in [1.29, 1.82) is 0 Å². The van der Waals surface area contributed by atoms with Crippen LogP contribution in [0.3, 0.4) is 0 Å². The van der Waals surface area contributed by atoms with Gasteiger partial charge in [0.25, 0.3) is 0 Å². The molecule has 2 rings (SSSR count). The van der Waals surface area contributed by atoms with E-state index in [1.54, 1.807) is 17.9 Å². The number of thioether (sulfide) groups is 1. The number of hydrogen-bond donors (Lipinski definition) is 0. The van der Waals surface area contributed by atoms with E-state index in [0.29, 0.717) is 26.2 Å². The third kappa shape index (κ3) is 4.70. The monoisotopic (exact) mass is 338 g/mol. The van der Waals surface area contributed by atoms with E-state index in [9.17, 15) is 14.0 Å². The summed E-state index contributed by atoms with van der Waals surface area (Å²) in [6.07, 6.45) is 0. The molecule has 0 aliphatic carbocycles. The van der Waals surface area contributed by atoms with Gasteiger partial charge in [-0.3, -0.25) is 9.59 Å². The molecule has 1 aromatic rings. The van der Waals surface area contributed by atoms with Crippen LogP contribution in [0.4, 0.5) is 4.39 Å². The maximum Gasteiger partial charge on any atom is 0.236 e. The van der Waals surface area contributed by atoms with E-state index in [1.807, 2.05) is 24.8 Å². The summed E-state index contributed by atoms with van der Waals surface area (Å²) < 4.78 is 13.3. The zero-order chi connectivity index (χ0) is 17.0. The van der Waals surface area contributed by atoms with Crippen molar-refractivity contribution < 1.29 is 14.0 Å². The standard InChI is InChI=1S/C17H23FN2O2S/c1-12(2)16(23-15-6-4-5-14(18)11-15)17(22)20-9-7-19(8-10-20)13(3)21/h4-6,11-12,16H,7-10H2,1-3H3/t16-/m0/s1. The first-order chi connectivity index (χ1) is 10.9. The van der Waals surface area contributed by atoms with Gasteiger partial charge < -0.3 is 9.80 Å². The van der Waals surface area contributed by atoms with Crippen molar-refractivity contribution >= 4 is 23.6 Å². The van der Waals surface area contributed by atoms with Crippen LogP contribution in [0.5, 0.6) is 0 Å². The van der Waals surface area contributed by atoms with Gasteiger partial charge in [0.1, 0.15) is 5.82 Å². The number of rotatable bonds is 4. The van der Waals surface area contributed by atoms with Gasteiger partial charge in [0.05, 0.1) is 5.25 Å². The highest BCUT2D eigenvalue weighted by atomic mass is 32.2. The minimum Gasteiger partial charge on any atom is -0.339 e. The van der Waals surface area contributed by atoms with Gasteiger partial charge in [-0.25, -0.2) is 4.39 Å². The lowest BCUT2D eigenvalue weighted by Crippen LogP contribution is -2.52. The van der Waals surface area contributed by atoms with E-state index < -0.39 is 0 Å². The van der Waals surface area contributed by atoms with E-state index in [1.165, 1.54) is 23.9 Å². The second kappa shape index (κ2) is 7.81. The number of hydrogen-bond acceptors (Lipinski definition) is 3. The molecule has 1 fully saturated rings. The number of amides is 2. The molecule has 0 radical (unpaired) electrons.